The molecule has 2 aromatic carbocycles. The fourth-order valence-corrected chi connectivity index (χ4v) is 2.36. The molecule has 0 bridgehead atoms. The van der Waals surface area contributed by atoms with Gasteiger partial charge in [0, 0.05) is 22.0 Å². The summed E-state index contributed by atoms with van der Waals surface area (Å²) in [5, 5.41) is 10.9. The van der Waals surface area contributed by atoms with E-state index in [0.29, 0.717) is 21.2 Å². The van der Waals surface area contributed by atoms with Gasteiger partial charge in [-0.05, 0) is 35.9 Å². The van der Waals surface area contributed by atoms with Crippen LogP contribution >= 0.6 is 23.2 Å². The van der Waals surface area contributed by atoms with Gasteiger partial charge in [-0.3, -0.25) is 0 Å². The minimum absolute atomic E-state index is 0.151. The van der Waals surface area contributed by atoms with Crippen molar-refractivity contribution in [1.29, 1.82) is 0 Å². The largest absolute Gasteiger partial charge is 0.416 e. The summed E-state index contributed by atoms with van der Waals surface area (Å²) in [7, 11) is 0. The number of hydrogen-bond donors (Lipinski definition) is 1. The first kappa shape index (κ1) is 16.1. The zero-order valence-electron chi connectivity index (χ0n) is 10.7. The third-order valence-corrected chi connectivity index (χ3v) is 3.61. The van der Waals surface area contributed by atoms with Crippen LogP contribution in [0.5, 0.6) is 0 Å². The summed E-state index contributed by atoms with van der Waals surface area (Å²) in [5.74, 6) is 0. The first-order valence-electron chi connectivity index (χ1n) is 6.06. The quantitative estimate of drug-likeness (QED) is 0.808. The normalized spacial score (nSPS) is 13.2. The lowest BCUT2D eigenvalue weighted by atomic mass is 10.0. The Morgan fingerprint density at radius 1 is 1.00 bits per heavy atom. The molecule has 0 amide bonds. The number of aliphatic hydroxyl groups excluding tert-OH is 1. The van der Waals surface area contributed by atoms with Gasteiger partial charge < -0.3 is 5.11 Å². The average molecular weight is 335 g/mol. The first-order chi connectivity index (χ1) is 9.77. The summed E-state index contributed by atoms with van der Waals surface area (Å²) >= 11 is 11.8. The second-order valence-corrected chi connectivity index (χ2v) is 5.42. The molecule has 0 aliphatic carbocycles. The lowest BCUT2D eigenvalue weighted by Crippen LogP contribution is -2.06. The zero-order chi connectivity index (χ0) is 15.6. The molecule has 21 heavy (non-hydrogen) atoms. The van der Waals surface area contributed by atoms with Gasteiger partial charge in [0.1, 0.15) is 0 Å². The molecule has 0 aliphatic heterocycles. The van der Waals surface area contributed by atoms with Crippen LogP contribution in [0, 0.1) is 0 Å². The van der Waals surface area contributed by atoms with Crippen molar-refractivity contribution >= 4 is 23.2 Å². The van der Waals surface area contributed by atoms with Crippen LogP contribution in [-0.4, -0.2) is 5.11 Å². The molecule has 0 aromatic heterocycles. The van der Waals surface area contributed by atoms with E-state index in [-0.39, 0.29) is 6.42 Å². The third-order valence-electron chi connectivity index (χ3n) is 3.03. The Morgan fingerprint density at radius 2 is 1.62 bits per heavy atom. The summed E-state index contributed by atoms with van der Waals surface area (Å²) in [5.41, 5.74) is 0.303. The summed E-state index contributed by atoms with van der Waals surface area (Å²) in [4.78, 5) is 0. The van der Waals surface area contributed by atoms with Crippen molar-refractivity contribution in [3.8, 4) is 0 Å². The number of hydrogen-bond acceptors (Lipinski definition) is 1. The summed E-state index contributed by atoms with van der Waals surface area (Å²) < 4.78 is 37.4. The molecule has 2 aromatic rings. The van der Waals surface area contributed by atoms with Crippen molar-refractivity contribution in [3.63, 3.8) is 0 Å². The molecule has 0 radical (unpaired) electrons. The topological polar surface area (TPSA) is 20.2 Å². The van der Waals surface area contributed by atoms with Crippen molar-refractivity contribution in [2.75, 3.05) is 0 Å². The van der Waals surface area contributed by atoms with E-state index in [4.69, 9.17) is 23.2 Å². The van der Waals surface area contributed by atoms with E-state index in [1.165, 1.54) is 12.1 Å². The van der Waals surface area contributed by atoms with Gasteiger partial charge in [-0.1, -0.05) is 35.3 Å². The van der Waals surface area contributed by atoms with E-state index in [2.05, 4.69) is 0 Å². The number of halogens is 5. The number of rotatable bonds is 3. The van der Waals surface area contributed by atoms with Crippen LogP contribution in [-0.2, 0) is 12.6 Å². The van der Waals surface area contributed by atoms with Gasteiger partial charge in [0.25, 0.3) is 0 Å². The average Bonchev–Trinajstić information content (AvgIpc) is 2.41. The molecule has 0 aliphatic rings. The maximum atomic E-state index is 12.5. The molecular formula is C15H11Cl2F3O. The molecule has 0 saturated heterocycles. The molecule has 2 rings (SSSR count). The molecule has 1 unspecified atom stereocenters. The van der Waals surface area contributed by atoms with Gasteiger partial charge in [0.05, 0.1) is 11.7 Å². The standard InChI is InChI=1S/C15H11Cl2F3O/c16-11-5-6-13(17)12(8-11)14(21)7-9-1-3-10(4-2-9)15(18,19)20/h1-6,8,14,21H,7H2. The Morgan fingerprint density at radius 3 is 2.19 bits per heavy atom. The molecule has 1 N–H and O–H groups in total. The van der Waals surface area contributed by atoms with Gasteiger partial charge in [0.15, 0.2) is 0 Å². The van der Waals surface area contributed by atoms with Crippen LogP contribution in [0.15, 0.2) is 42.5 Å². The minimum atomic E-state index is -4.37. The van der Waals surface area contributed by atoms with Crippen molar-refractivity contribution in [2.45, 2.75) is 18.7 Å². The lowest BCUT2D eigenvalue weighted by Gasteiger charge is -2.14. The van der Waals surface area contributed by atoms with Crippen molar-refractivity contribution < 1.29 is 18.3 Å². The highest BCUT2D eigenvalue weighted by molar-refractivity contribution is 6.33. The molecule has 0 spiro atoms. The molecule has 1 nitrogen and oxygen atoms in total. The molecule has 0 saturated carbocycles. The Bertz CT molecular complexity index is 624. The Labute approximate surface area is 129 Å². The van der Waals surface area contributed by atoms with Crippen LogP contribution in [0.3, 0.4) is 0 Å². The van der Waals surface area contributed by atoms with E-state index in [9.17, 15) is 18.3 Å². The predicted octanol–water partition coefficient (Wildman–Crippen LogP) is 5.29. The molecule has 0 fully saturated rings. The second kappa shape index (κ2) is 6.26. The maximum Gasteiger partial charge on any atom is 0.416 e. The summed E-state index contributed by atoms with van der Waals surface area (Å²) in [6.07, 6.45) is -5.15. The fourth-order valence-electron chi connectivity index (χ4n) is 1.93. The van der Waals surface area contributed by atoms with E-state index in [0.717, 1.165) is 12.1 Å². The SMILES string of the molecule is OC(Cc1ccc(C(F)(F)F)cc1)c1cc(Cl)ccc1Cl. The Kier molecular flexibility index (Phi) is 4.81. The van der Waals surface area contributed by atoms with Crippen LogP contribution < -0.4 is 0 Å². The van der Waals surface area contributed by atoms with Gasteiger partial charge in [0.2, 0.25) is 0 Å². The third kappa shape index (κ3) is 4.13. The van der Waals surface area contributed by atoms with Gasteiger partial charge in [-0.15, -0.1) is 0 Å². The Balaban J connectivity index is 2.16. The number of alkyl halides is 3. The van der Waals surface area contributed by atoms with Crippen LogP contribution in [0.2, 0.25) is 10.0 Å². The monoisotopic (exact) mass is 334 g/mol. The first-order valence-corrected chi connectivity index (χ1v) is 6.82. The van der Waals surface area contributed by atoms with E-state index in [1.807, 2.05) is 0 Å². The zero-order valence-corrected chi connectivity index (χ0v) is 12.2. The second-order valence-electron chi connectivity index (χ2n) is 4.58. The van der Waals surface area contributed by atoms with Crippen molar-refractivity contribution in [3.05, 3.63) is 69.2 Å². The molecule has 0 heterocycles. The minimum Gasteiger partial charge on any atom is -0.388 e. The molecule has 112 valence electrons. The van der Waals surface area contributed by atoms with E-state index in [1.54, 1.807) is 18.2 Å². The maximum absolute atomic E-state index is 12.5. The van der Waals surface area contributed by atoms with Crippen LogP contribution in [0.1, 0.15) is 22.8 Å². The highest BCUT2D eigenvalue weighted by Crippen LogP contribution is 2.31. The molecule has 1 atom stereocenters. The molecular weight excluding hydrogens is 324 g/mol. The number of aliphatic hydroxyl groups is 1. The fraction of sp³-hybridized carbons (Fsp3) is 0.200. The van der Waals surface area contributed by atoms with Crippen LogP contribution in [0.25, 0.3) is 0 Å². The van der Waals surface area contributed by atoms with Crippen LogP contribution in [0.4, 0.5) is 13.2 Å². The molecule has 6 heteroatoms. The van der Waals surface area contributed by atoms with Gasteiger partial charge >= 0.3 is 6.18 Å². The summed E-state index contributed by atoms with van der Waals surface area (Å²) in [6, 6.07) is 9.35. The van der Waals surface area contributed by atoms with Gasteiger partial charge in [-0.2, -0.15) is 13.2 Å². The Hall–Kier alpha value is -1.23. The highest BCUT2D eigenvalue weighted by Gasteiger charge is 2.30. The van der Waals surface area contributed by atoms with E-state index >= 15 is 0 Å². The predicted molar refractivity (Wildman–Crippen MR) is 76.6 cm³/mol. The smallest absolute Gasteiger partial charge is 0.388 e. The highest BCUT2D eigenvalue weighted by atomic mass is 35.5. The lowest BCUT2D eigenvalue weighted by molar-refractivity contribution is -0.137. The van der Waals surface area contributed by atoms with Crippen molar-refractivity contribution in [2.24, 2.45) is 0 Å². The van der Waals surface area contributed by atoms with Crippen molar-refractivity contribution in [1.82, 2.24) is 0 Å². The summed E-state index contributed by atoms with van der Waals surface area (Å²) in [6.45, 7) is 0. The van der Waals surface area contributed by atoms with Gasteiger partial charge in [-0.25, -0.2) is 0 Å². The number of benzene rings is 2. The van der Waals surface area contributed by atoms with E-state index < -0.39 is 17.8 Å².